The van der Waals surface area contributed by atoms with E-state index in [0.29, 0.717) is 6.54 Å². The Morgan fingerprint density at radius 2 is 1.71 bits per heavy atom. The van der Waals surface area contributed by atoms with Crippen LogP contribution in [0.2, 0.25) is 5.02 Å². The van der Waals surface area contributed by atoms with Gasteiger partial charge in [0, 0.05) is 42.1 Å². The Morgan fingerprint density at radius 3 is 2.34 bits per heavy atom. The summed E-state index contributed by atoms with van der Waals surface area (Å²) in [5.41, 5.74) is 4.45. The minimum Gasteiger partial charge on any atom is -0.352 e. The number of amides is 1. The summed E-state index contributed by atoms with van der Waals surface area (Å²) < 4.78 is 2.32. The van der Waals surface area contributed by atoms with E-state index >= 15 is 0 Å². The molecule has 38 heavy (non-hydrogen) atoms. The van der Waals surface area contributed by atoms with Crippen molar-refractivity contribution in [1.29, 1.82) is 0 Å². The van der Waals surface area contributed by atoms with Gasteiger partial charge in [-0.15, -0.1) is 0 Å². The van der Waals surface area contributed by atoms with Crippen molar-refractivity contribution < 1.29 is 9.72 Å². The molecule has 3 aromatic carbocycles. The average Bonchev–Trinajstić information content (AvgIpc) is 3.29. The van der Waals surface area contributed by atoms with Crippen molar-refractivity contribution in [2.24, 2.45) is 0 Å². The van der Waals surface area contributed by atoms with Crippen molar-refractivity contribution in [2.45, 2.75) is 37.9 Å². The number of benzene rings is 3. The summed E-state index contributed by atoms with van der Waals surface area (Å²) in [6.45, 7) is 3.53. The van der Waals surface area contributed by atoms with Crippen LogP contribution >= 0.6 is 23.4 Å². The molecule has 4 rings (SSSR count). The molecule has 0 aliphatic rings. The van der Waals surface area contributed by atoms with Crippen molar-refractivity contribution in [3.63, 3.8) is 0 Å². The highest BCUT2D eigenvalue weighted by Gasteiger charge is 2.20. The second kappa shape index (κ2) is 13.3. The molecule has 7 nitrogen and oxygen atoms in total. The number of non-ortho nitro benzene ring substituents is 1. The molecule has 0 fully saturated rings. The third kappa shape index (κ3) is 6.62. The molecule has 0 aliphatic heterocycles. The smallest absolute Gasteiger partial charge is 0.270 e. The van der Waals surface area contributed by atoms with Crippen LogP contribution in [0.4, 0.5) is 5.69 Å². The van der Waals surface area contributed by atoms with Gasteiger partial charge in [0.1, 0.15) is 0 Å². The van der Waals surface area contributed by atoms with Crippen LogP contribution in [0.5, 0.6) is 0 Å². The van der Waals surface area contributed by atoms with E-state index in [2.05, 4.69) is 53.2 Å². The van der Waals surface area contributed by atoms with Crippen LogP contribution < -0.4 is 5.32 Å². The lowest BCUT2D eigenvalue weighted by atomic mass is 10.0. The number of carbonyl (C=O) groups excluding carboxylic acids is 1. The standard InChI is InChI=1S/C29H29ClN4O3S/c1-2-18-33-27(22-13-7-4-8-14-22)26(21-11-5-3-6-12-21)32-29(33)38-19-10-9-17-31-28(35)24-16-15-23(34(36)37)20-25(24)30/h3-8,11-16,20H,2,9-10,17-19H2,1H3,(H,31,35). The maximum atomic E-state index is 12.4. The number of nitrogens with one attached hydrogen (secondary N) is 1. The molecule has 0 atom stereocenters. The number of rotatable bonds is 12. The lowest BCUT2D eigenvalue weighted by molar-refractivity contribution is -0.384. The second-order valence-corrected chi connectivity index (χ2v) is 10.2. The molecule has 196 valence electrons. The normalized spacial score (nSPS) is 10.9. The highest BCUT2D eigenvalue weighted by Crippen LogP contribution is 2.36. The monoisotopic (exact) mass is 548 g/mol. The molecule has 1 N–H and O–H groups in total. The predicted octanol–water partition coefficient (Wildman–Crippen LogP) is 7.49. The first-order valence-electron chi connectivity index (χ1n) is 12.6. The molecule has 4 aromatic rings. The minimum absolute atomic E-state index is 0.0680. The maximum Gasteiger partial charge on any atom is 0.270 e. The van der Waals surface area contributed by atoms with E-state index in [9.17, 15) is 14.9 Å². The lowest BCUT2D eigenvalue weighted by Gasteiger charge is -2.12. The Morgan fingerprint density at radius 1 is 1.03 bits per heavy atom. The Hall–Kier alpha value is -3.62. The lowest BCUT2D eigenvalue weighted by Crippen LogP contribution is -2.24. The number of nitrogens with zero attached hydrogens (tertiary/aromatic N) is 3. The predicted molar refractivity (Wildman–Crippen MR) is 154 cm³/mol. The zero-order valence-electron chi connectivity index (χ0n) is 21.1. The summed E-state index contributed by atoms with van der Waals surface area (Å²) in [5.74, 6) is 0.521. The molecule has 0 spiro atoms. The van der Waals surface area contributed by atoms with Gasteiger partial charge in [0.2, 0.25) is 0 Å². The van der Waals surface area contributed by atoms with E-state index in [1.54, 1.807) is 11.8 Å². The first-order valence-corrected chi connectivity index (χ1v) is 13.9. The van der Waals surface area contributed by atoms with E-state index in [1.807, 2.05) is 24.3 Å². The van der Waals surface area contributed by atoms with Gasteiger partial charge in [-0.2, -0.15) is 0 Å². The van der Waals surface area contributed by atoms with Crippen LogP contribution in [0.3, 0.4) is 0 Å². The molecule has 0 unspecified atom stereocenters. The number of nitro benzene ring substituents is 1. The highest BCUT2D eigenvalue weighted by atomic mass is 35.5. The molecule has 0 aliphatic carbocycles. The van der Waals surface area contributed by atoms with Crippen LogP contribution in [0.1, 0.15) is 36.5 Å². The molecule has 0 saturated carbocycles. The molecule has 1 amide bonds. The van der Waals surface area contributed by atoms with Crippen molar-refractivity contribution >= 4 is 35.0 Å². The topological polar surface area (TPSA) is 90.1 Å². The van der Waals surface area contributed by atoms with Gasteiger partial charge in [-0.25, -0.2) is 4.98 Å². The minimum atomic E-state index is -0.539. The van der Waals surface area contributed by atoms with E-state index < -0.39 is 4.92 Å². The van der Waals surface area contributed by atoms with Crippen LogP contribution in [-0.4, -0.2) is 32.7 Å². The third-order valence-corrected chi connectivity index (χ3v) is 7.35. The first kappa shape index (κ1) is 27.4. The number of imidazole rings is 1. The zero-order valence-corrected chi connectivity index (χ0v) is 22.7. The summed E-state index contributed by atoms with van der Waals surface area (Å²) in [7, 11) is 0. The van der Waals surface area contributed by atoms with Crippen molar-refractivity contribution in [3.8, 4) is 22.5 Å². The largest absolute Gasteiger partial charge is 0.352 e. The number of thioether (sulfide) groups is 1. The van der Waals surface area contributed by atoms with Gasteiger partial charge < -0.3 is 9.88 Å². The number of halogens is 1. The Balaban J connectivity index is 1.40. The van der Waals surface area contributed by atoms with Gasteiger partial charge >= 0.3 is 0 Å². The molecular formula is C29H29ClN4O3S. The highest BCUT2D eigenvalue weighted by molar-refractivity contribution is 7.99. The summed E-state index contributed by atoms with van der Waals surface area (Å²) in [5, 5.41) is 14.8. The molecule has 1 heterocycles. The van der Waals surface area contributed by atoms with Crippen LogP contribution in [0, 0.1) is 10.1 Å². The first-order chi connectivity index (χ1) is 18.5. The quantitative estimate of drug-likeness (QED) is 0.0857. The van der Waals surface area contributed by atoms with Crippen molar-refractivity contribution in [2.75, 3.05) is 12.3 Å². The maximum absolute atomic E-state index is 12.4. The van der Waals surface area contributed by atoms with E-state index in [1.165, 1.54) is 18.2 Å². The van der Waals surface area contributed by atoms with Crippen LogP contribution in [-0.2, 0) is 6.54 Å². The summed E-state index contributed by atoms with van der Waals surface area (Å²) in [4.78, 5) is 27.9. The summed E-state index contributed by atoms with van der Waals surface area (Å²) >= 11 is 7.79. The number of carbonyl (C=O) groups is 1. The Kier molecular flexibility index (Phi) is 9.56. The van der Waals surface area contributed by atoms with Gasteiger partial charge in [0.15, 0.2) is 5.16 Å². The third-order valence-electron chi connectivity index (χ3n) is 5.97. The van der Waals surface area contributed by atoms with Crippen LogP contribution in [0.25, 0.3) is 22.5 Å². The number of hydrogen-bond donors (Lipinski definition) is 1. The van der Waals surface area contributed by atoms with Gasteiger partial charge in [0.25, 0.3) is 11.6 Å². The fourth-order valence-electron chi connectivity index (χ4n) is 4.15. The molecule has 0 radical (unpaired) electrons. The Bertz CT molecular complexity index is 1390. The fourth-order valence-corrected chi connectivity index (χ4v) is 5.43. The molecule has 0 bridgehead atoms. The van der Waals surface area contributed by atoms with E-state index in [-0.39, 0.29) is 22.2 Å². The zero-order chi connectivity index (χ0) is 26.9. The van der Waals surface area contributed by atoms with Crippen LogP contribution in [0.15, 0.2) is 84.0 Å². The van der Waals surface area contributed by atoms with Gasteiger partial charge in [-0.3, -0.25) is 14.9 Å². The van der Waals surface area contributed by atoms with Crippen molar-refractivity contribution in [1.82, 2.24) is 14.9 Å². The summed E-state index contributed by atoms with van der Waals surface area (Å²) in [6.07, 6.45) is 2.67. The Labute approximate surface area is 231 Å². The number of nitro groups is 1. The fraction of sp³-hybridized carbons (Fsp3) is 0.241. The number of unbranched alkanes of at least 4 members (excludes halogenated alkanes) is 1. The SMILES string of the molecule is CCCn1c(SCCCCNC(=O)c2ccc([N+](=O)[O-])cc2Cl)nc(-c2ccccc2)c1-c1ccccc1. The number of aromatic nitrogens is 2. The number of hydrogen-bond acceptors (Lipinski definition) is 5. The molecule has 9 heteroatoms. The van der Waals surface area contributed by atoms with Gasteiger partial charge in [0.05, 0.1) is 26.9 Å². The average molecular weight is 549 g/mol. The molecule has 1 aromatic heterocycles. The van der Waals surface area contributed by atoms with E-state index in [0.717, 1.165) is 59.2 Å². The second-order valence-electron chi connectivity index (χ2n) is 8.71. The van der Waals surface area contributed by atoms with Gasteiger partial charge in [-0.1, -0.05) is 91.0 Å². The van der Waals surface area contributed by atoms with E-state index in [4.69, 9.17) is 16.6 Å². The van der Waals surface area contributed by atoms with Gasteiger partial charge in [-0.05, 0) is 25.3 Å². The summed E-state index contributed by atoms with van der Waals surface area (Å²) in [6, 6.07) is 24.5. The molecule has 0 saturated heterocycles. The molecular weight excluding hydrogens is 520 g/mol. The van der Waals surface area contributed by atoms with Crippen molar-refractivity contribution in [3.05, 3.63) is 99.6 Å².